The van der Waals surface area contributed by atoms with Gasteiger partial charge in [-0.05, 0) is 43.3 Å². The maximum atomic E-state index is 5.23. The van der Waals surface area contributed by atoms with Crippen molar-refractivity contribution in [2.75, 3.05) is 5.32 Å². The molecule has 2 N–H and O–H groups in total. The van der Waals surface area contributed by atoms with Gasteiger partial charge >= 0.3 is 0 Å². The molecule has 0 amide bonds. The van der Waals surface area contributed by atoms with Gasteiger partial charge in [0.1, 0.15) is 0 Å². The zero-order valence-corrected chi connectivity index (χ0v) is 11.5. The number of rotatable bonds is 4. The smallest absolute Gasteiger partial charge is 0.242 e. The van der Waals surface area contributed by atoms with Crippen molar-refractivity contribution in [1.29, 1.82) is 0 Å². The third-order valence-electron chi connectivity index (χ3n) is 2.34. The number of hydrogen-bond acceptors (Lipinski definition) is 4. The lowest BCUT2D eigenvalue weighted by molar-refractivity contribution is 0.786. The van der Waals surface area contributed by atoms with E-state index in [2.05, 4.69) is 27.8 Å². The lowest BCUT2D eigenvalue weighted by Crippen LogP contribution is -2.08. The minimum Gasteiger partial charge on any atom is -0.350 e. The fraction of sp³-hybridized carbons (Fsp3) is 0.273. The van der Waals surface area contributed by atoms with Crippen molar-refractivity contribution in [2.24, 2.45) is 0 Å². The third-order valence-corrected chi connectivity index (χ3v) is 2.91. The molecule has 0 unspecified atom stereocenters. The topological polar surface area (TPSA) is 58.5 Å². The number of aromatic amines is 1. The molecule has 2 aromatic rings. The molecule has 5 nitrogen and oxygen atoms in total. The Kier molecular flexibility index (Phi) is 4.16. The van der Waals surface area contributed by atoms with Gasteiger partial charge in [-0.1, -0.05) is 35.5 Å². The van der Waals surface area contributed by atoms with E-state index in [4.69, 9.17) is 24.4 Å². The third kappa shape index (κ3) is 2.99. The van der Waals surface area contributed by atoms with E-state index in [0.717, 1.165) is 29.2 Å². The average molecular weight is 279 g/mol. The van der Waals surface area contributed by atoms with Crippen LogP contribution in [0.25, 0.3) is 5.69 Å². The number of aromatic nitrogens is 4. The minimum atomic E-state index is 0.392. The molecule has 94 valence electrons. The van der Waals surface area contributed by atoms with E-state index in [-0.39, 0.29) is 0 Å². The van der Waals surface area contributed by atoms with Crippen molar-refractivity contribution in [3.05, 3.63) is 29.0 Å². The van der Waals surface area contributed by atoms with Gasteiger partial charge in [0.2, 0.25) is 4.77 Å². The Morgan fingerprint density at radius 2 is 2.33 bits per heavy atom. The normalized spacial score (nSPS) is 10.3. The van der Waals surface area contributed by atoms with Gasteiger partial charge < -0.3 is 5.32 Å². The molecule has 1 heterocycles. The largest absolute Gasteiger partial charge is 0.350 e. The van der Waals surface area contributed by atoms with Gasteiger partial charge in [-0.3, -0.25) is 0 Å². The van der Waals surface area contributed by atoms with Crippen LogP contribution in [0, 0.1) is 4.77 Å². The minimum absolute atomic E-state index is 0.392. The highest BCUT2D eigenvalue weighted by Crippen LogP contribution is 2.14. The molecule has 1 aromatic carbocycles. The van der Waals surface area contributed by atoms with Gasteiger partial charge in [0.25, 0.3) is 0 Å². The van der Waals surface area contributed by atoms with E-state index in [0.29, 0.717) is 4.77 Å². The van der Waals surface area contributed by atoms with Gasteiger partial charge in [0.15, 0.2) is 0 Å². The molecular weight excluding hydrogens is 266 g/mol. The Bertz CT molecular complexity index is 601. The maximum Gasteiger partial charge on any atom is 0.242 e. The summed E-state index contributed by atoms with van der Waals surface area (Å²) < 4.78 is 2.02. The highest BCUT2D eigenvalue weighted by molar-refractivity contribution is 7.80. The van der Waals surface area contributed by atoms with Gasteiger partial charge in [-0.25, -0.2) is 4.68 Å². The van der Waals surface area contributed by atoms with Crippen LogP contribution in [-0.4, -0.2) is 25.2 Å². The second kappa shape index (κ2) is 5.83. The standard InChI is InChI=1S/C11H13N5S2/c1-2-4-10(17)12-8-5-3-6-9(7-8)16-11(18)13-14-15-16/h3,5-7H,2,4H2,1H3,(H,12,17)(H,13,15,18). The predicted octanol–water partition coefficient (Wildman–Crippen LogP) is 2.86. The molecule has 0 saturated carbocycles. The van der Waals surface area contributed by atoms with Crippen molar-refractivity contribution in [3.8, 4) is 5.69 Å². The zero-order valence-electron chi connectivity index (χ0n) is 9.88. The first-order valence-electron chi connectivity index (χ1n) is 5.61. The fourth-order valence-electron chi connectivity index (χ4n) is 1.54. The fourth-order valence-corrected chi connectivity index (χ4v) is 2.05. The molecule has 0 bridgehead atoms. The van der Waals surface area contributed by atoms with Gasteiger partial charge in [0.05, 0.1) is 10.7 Å². The van der Waals surface area contributed by atoms with E-state index in [9.17, 15) is 0 Å². The van der Waals surface area contributed by atoms with Crippen LogP contribution in [0.3, 0.4) is 0 Å². The van der Waals surface area contributed by atoms with Crippen LogP contribution in [0.15, 0.2) is 24.3 Å². The van der Waals surface area contributed by atoms with Crippen molar-refractivity contribution in [2.45, 2.75) is 19.8 Å². The molecule has 1 aromatic heterocycles. The molecular formula is C11H13N5S2. The van der Waals surface area contributed by atoms with Crippen LogP contribution >= 0.6 is 24.4 Å². The summed E-state index contributed by atoms with van der Waals surface area (Å²) >= 11 is 10.3. The molecule has 7 heteroatoms. The van der Waals surface area contributed by atoms with E-state index in [1.54, 1.807) is 4.68 Å². The van der Waals surface area contributed by atoms with Crippen LogP contribution in [0.2, 0.25) is 0 Å². The Labute approximate surface area is 115 Å². The number of hydrogen-bond donors (Lipinski definition) is 2. The number of nitrogens with one attached hydrogen (secondary N) is 2. The molecule has 18 heavy (non-hydrogen) atoms. The first-order chi connectivity index (χ1) is 8.70. The van der Waals surface area contributed by atoms with E-state index < -0.39 is 0 Å². The molecule has 0 atom stereocenters. The van der Waals surface area contributed by atoms with E-state index >= 15 is 0 Å². The summed E-state index contributed by atoms with van der Waals surface area (Å²) in [6.45, 7) is 2.10. The van der Waals surface area contributed by atoms with Crippen LogP contribution in [-0.2, 0) is 0 Å². The molecule has 0 aliphatic heterocycles. The summed E-state index contributed by atoms with van der Waals surface area (Å²) in [4.78, 5) is 0.834. The monoisotopic (exact) mass is 279 g/mol. The lowest BCUT2D eigenvalue weighted by atomic mass is 10.2. The summed E-state index contributed by atoms with van der Waals surface area (Å²) in [5, 5.41) is 13.3. The van der Waals surface area contributed by atoms with Gasteiger partial charge in [-0.15, -0.1) is 0 Å². The van der Waals surface area contributed by atoms with Crippen LogP contribution in [0.1, 0.15) is 19.8 Å². The van der Waals surface area contributed by atoms with Gasteiger partial charge in [-0.2, -0.15) is 5.21 Å². The van der Waals surface area contributed by atoms with Crippen molar-refractivity contribution >= 4 is 35.1 Å². The van der Waals surface area contributed by atoms with Crippen molar-refractivity contribution in [1.82, 2.24) is 20.2 Å². The molecule has 0 saturated heterocycles. The number of benzene rings is 1. The summed E-state index contributed by atoms with van der Waals surface area (Å²) in [5.41, 5.74) is 1.80. The van der Waals surface area contributed by atoms with E-state index in [1.165, 1.54) is 0 Å². The molecule has 0 aliphatic rings. The number of anilines is 1. The van der Waals surface area contributed by atoms with E-state index in [1.807, 2.05) is 24.3 Å². The summed E-state index contributed by atoms with van der Waals surface area (Å²) in [6.07, 6.45) is 1.91. The first kappa shape index (κ1) is 12.8. The molecule has 2 rings (SSSR count). The zero-order chi connectivity index (χ0) is 13.0. The highest BCUT2D eigenvalue weighted by atomic mass is 32.1. The number of H-pyrrole nitrogens is 1. The molecule has 0 aliphatic carbocycles. The summed E-state index contributed by atoms with van der Waals surface area (Å²) in [5.74, 6) is 0. The molecule has 0 fully saturated rings. The van der Waals surface area contributed by atoms with Gasteiger partial charge in [0, 0.05) is 5.69 Å². The Morgan fingerprint density at radius 1 is 1.50 bits per heavy atom. The second-order valence-electron chi connectivity index (χ2n) is 3.77. The average Bonchev–Trinajstić information content (AvgIpc) is 2.76. The predicted molar refractivity (Wildman–Crippen MR) is 77.7 cm³/mol. The Hall–Kier alpha value is -1.60. The highest BCUT2D eigenvalue weighted by Gasteiger charge is 2.02. The maximum absolute atomic E-state index is 5.23. The summed E-state index contributed by atoms with van der Waals surface area (Å²) in [7, 11) is 0. The first-order valence-corrected chi connectivity index (χ1v) is 6.42. The number of thiocarbonyl (C=S) groups is 1. The second-order valence-corrected chi connectivity index (χ2v) is 4.62. The lowest BCUT2D eigenvalue weighted by Gasteiger charge is -2.08. The van der Waals surface area contributed by atoms with Crippen molar-refractivity contribution < 1.29 is 0 Å². The van der Waals surface area contributed by atoms with Crippen LogP contribution in [0.5, 0.6) is 0 Å². The Balaban J connectivity index is 2.23. The van der Waals surface area contributed by atoms with Crippen LogP contribution in [0.4, 0.5) is 5.69 Å². The number of tetrazole rings is 1. The van der Waals surface area contributed by atoms with Crippen molar-refractivity contribution in [3.63, 3.8) is 0 Å². The summed E-state index contributed by atoms with van der Waals surface area (Å²) in [6, 6.07) is 7.75. The molecule has 0 radical (unpaired) electrons. The van der Waals surface area contributed by atoms with Crippen LogP contribution < -0.4 is 5.32 Å². The number of nitrogens with zero attached hydrogens (tertiary/aromatic N) is 3. The Morgan fingerprint density at radius 3 is 3.00 bits per heavy atom. The SMILES string of the molecule is CCCC(=S)Nc1cccc(-n2[nH]nnc2=S)c1. The molecule has 0 spiro atoms. The quantitative estimate of drug-likeness (QED) is 0.843.